The summed E-state index contributed by atoms with van der Waals surface area (Å²) in [5, 5.41) is 9.01. The zero-order valence-electron chi connectivity index (χ0n) is 8.65. The van der Waals surface area contributed by atoms with Gasteiger partial charge in [-0.15, -0.1) is 0 Å². The van der Waals surface area contributed by atoms with Crippen molar-refractivity contribution >= 4 is 27.7 Å². The molecule has 2 rings (SSSR count). The van der Waals surface area contributed by atoms with Crippen molar-refractivity contribution in [3.63, 3.8) is 0 Å². The summed E-state index contributed by atoms with van der Waals surface area (Å²) in [7, 11) is 0. The van der Waals surface area contributed by atoms with Crippen LogP contribution in [-0.4, -0.2) is 0 Å². The molecule has 0 N–H and O–H groups in total. The molecule has 2 aromatic rings. The van der Waals surface area contributed by atoms with Gasteiger partial charge in [0.1, 0.15) is 11.9 Å². The monoisotopic (exact) mass is 307 g/mol. The van der Waals surface area contributed by atoms with Crippen LogP contribution in [0.5, 0.6) is 0 Å². The van der Waals surface area contributed by atoms with Gasteiger partial charge in [0.05, 0.1) is 5.56 Å². The second-order valence-electron chi connectivity index (χ2n) is 3.28. The van der Waals surface area contributed by atoms with E-state index in [0.29, 0.717) is 10.5 Å². The lowest BCUT2D eigenvalue weighted by Gasteiger charge is -2.05. The summed E-state index contributed by atoms with van der Waals surface area (Å²) in [6, 6.07) is 14.0. The van der Waals surface area contributed by atoms with Crippen molar-refractivity contribution in [3.8, 4) is 6.07 Å². The van der Waals surface area contributed by atoms with Crippen LogP contribution in [0.25, 0.3) is 0 Å². The molecule has 0 aliphatic rings. The van der Waals surface area contributed by atoms with Crippen LogP contribution in [-0.2, 0) is 0 Å². The van der Waals surface area contributed by atoms with Crippen LogP contribution in [0.3, 0.4) is 0 Å². The fourth-order valence-corrected chi connectivity index (χ4v) is 2.59. The highest BCUT2D eigenvalue weighted by molar-refractivity contribution is 9.10. The Kier molecular flexibility index (Phi) is 3.82. The summed E-state index contributed by atoms with van der Waals surface area (Å²) in [5.74, 6) is -0.274. The van der Waals surface area contributed by atoms with E-state index in [0.717, 1.165) is 9.37 Å². The van der Waals surface area contributed by atoms with Gasteiger partial charge in [-0.3, -0.25) is 0 Å². The molecule has 0 fully saturated rings. The normalized spacial score (nSPS) is 9.94. The number of rotatable bonds is 2. The number of nitriles is 1. The molecule has 0 unspecified atom stereocenters. The minimum absolute atomic E-state index is 0.274. The van der Waals surface area contributed by atoms with Gasteiger partial charge in [-0.1, -0.05) is 39.8 Å². The predicted molar refractivity (Wildman–Crippen MR) is 69.4 cm³/mol. The molecule has 0 saturated carbocycles. The Bertz CT molecular complexity index is 592. The average molecular weight is 308 g/mol. The molecule has 0 radical (unpaired) electrons. The Balaban J connectivity index is 2.37. The lowest BCUT2D eigenvalue weighted by molar-refractivity contribution is 0.602. The van der Waals surface area contributed by atoms with Crippen LogP contribution >= 0.6 is 27.7 Å². The molecular formula is C13H7BrFNS. The third-order valence-electron chi connectivity index (χ3n) is 2.12. The van der Waals surface area contributed by atoms with Gasteiger partial charge in [0.25, 0.3) is 0 Å². The maximum Gasteiger partial charge on any atom is 0.137 e. The molecule has 0 aromatic heterocycles. The first-order chi connectivity index (χ1) is 8.20. The minimum atomic E-state index is -0.274. The van der Waals surface area contributed by atoms with Crippen LogP contribution in [0.4, 0.5) is 4.39 Å². The van der Waals surface area contributed by atoms with Crippen molar-refractivity contribution in [1.29, 1.82) is 5.26 Å². The van der Waals surface area contributed by atoms with E-state index in [4.69, 9.17) is 5.26 Å². The van der Waals surface area contributed by atoms with Crippen LogP contribution in [0, 0.1) is 17.1 Å². The zero-order valence-corrected chi connectivity index (χ0v) is 11.1. The Morgan fingerprint density at radius 3 is 2.59 bits per heavy atom. The highest BCUT2D eigenvalue weighted by atomic mass is 79.9. The van der Waals surface area contributed by atoms with E-state index in [2.05, 4.69) is 22.0 Å². The van der Waals surface area contributed by atoms with E-state index in [1.54, 1.807) is 30.3 Å². The van der Waals surface area contributed by atoms with Gasteiger partial charge in [0, 0.05) is 14.3 Å². The molecular weight excluding hydrogens is 301 g/mol. The second kappa shape index (κ2) is 5.35. The van der Waals surface area contributed by atoms with Gasteiger partial charge in [0.2, 0.25) is 0 Å². The molecule has 0 bridgehead atoms. The zero-order chi connectivity index (χ0) is 12.3. The SMILES string of the molecule is N#Cc1cc(Br)ccc1Sc1ccccc1F. The van der Waals surface area contributed by atoms with E-state index in [1.165, 1.54) is 17.8 Å². The molecule has 4 heteroatoms. The topological polar surface area (TPSA) is 23.8 Å². The van der Waals surface area contributed by atoms with Gasteiger partial charge in [-0.25, -0.2) is 4.39 Å². The lowest BCUT2D eigenvalue weighted by atomic mass is 10.2. The predicted octanol–water partition coefficient (Wildman–Crippen LogP) is 4.61. The smallest absolute Gasteiger partial charge is 0.137 e. The van der Waals surface area contributed by atoms with Crippen molar-refractivity contribution in [2.45, 2.75) is 9.79 Å². The number of nitrogens with zero attached hydrogens (tertiary/aromatic N) is 1. The van der Waals surface area contributed by atoms with Gasteiger partial charge >= 0.3 is 0 Å². The first kappa shape index (κ1) is 12.2. The highest BCUT2D eigenvalue weighted by Gasteiger charge is 2.07. The van der Waals surface area contributed by atoms with E-state index in [9.17, 15) is 4.39 Å². The maximum absolute atomic E-state index is 13.5. The Morgan fingerprint density at radius 1 is 1.12 bits per heavy atom. The number of benzene rings is 2. The number of hydrogen-bond donors (Lipinski definition) is 0. The molecule has 84 valence electrons. The van der Waals surface area contributed by atoms with Crippen LogP contribution in [0.1, 0.15) is 5.56 Å². The molecule has 0 aliphatic carbocycles. The van der Waals surface area contributed by atoms with Crippen LogP contribution in [0.2, 0.25) is 0 Å². The van der Waals surface area contributed by atoms with E-state index >= 15 is 0 Å². The highest BCUT2D eigenvalue weighted by Crippen LogP contribution is 2.33. The average Bonchev–Trinajstić information content (AvgIpc) is 2.34. The van der Waals surface area contributed by atoms with Crippen molar-refractivity contribution in [2.75, 3.05) is 0 Å². The first-order valence-corrected chi connectivity index (χ1v) is 6.43. The van der Waals surface area contributed by atoms with Gasteiger partial charge in [-0.2, -0.15) is 5.26 Å². The molecule has 1 nitrogen and oxygen atoms in total. The largest absolute Gasteiger partial charge is 0.206 e. The molecule has 0 saturated heterocycles. The summed E-state index contributed by atoms with van der Waals surface area (Å²) in [5.41, 5.74) is 0.535. The van der Waals surface area contributed by atoms with Crippen molar-refractivity contribution in [3.05, 3.63) is 58.3 Å². The van der Waals surface area contributed by atoms with E-state index in [1.807, 2.05) is 6.07 Å². The summed E-state index contributed by atoms with van der Waals surface area (Å²) in [4.78, 5) is 1.27. The minimum Gasteiger partial charge on any atom is -0.206 e. The summed E-state index contributed by atoms with van der Waals surface area (Å²) in [6.45, 7) is 0. The molecule has 0 heterocycles. The second-order valence-corrected chi connectivity index (χ2v) is 5.28. The molecule has 0 spiro atoms. The maximum atomic E-state index is 13.5. The van der Waals surface area contributed by atoms with Crippen LogP contribution in [0.15, 0.2) is 56.7 Å². The van der Waals surface area contributed by atoms with Crippen molar-refractivity contribution in [1.82, 2.24) is 0 Å². The standard InChI is InChI=1S/C13H7BrFNS/c14-10-5-6-12(9(7-10)8-16)17-13-4-2-1-3-11(13)15/h1-7H. The molecule has 17 heavy (non-hydrogen) atoms. The van der Waals surface area contributed by atoms with Crippen molar-refractivity contribution < 1.29 is 4.39 Å². The quantitative estimate of drug-likeness (QED) is 0.809. The summed E-state index contributed by atoms with van der Waals surface area (Å²) in [6.07, 6.45) is 0. The fraction of sp³-hybridized carbons (Fsp3) is 0. The fourth-order valence-electron chi connectivity index (χ4n) is 1.32. The van der Waals surface area contributed by atoms with Gasteiger partial charge in [0.15, 0.2) is 0 Å². The van der Waals surface area contributed by atoms with Gasteiger partial charge < -0.3 is 0 Å². The lowest BCUT2D eigenvalue weighted by Crippen LogP contribution is -1.84. The first-order valence-electron chi connectivity index (χ1n) is 4.83. The van der Waals surface area contributed by atoms with Crippen molar-refractivity contribution in [2.24, 2.45) is 0 Å². The number of halogens is 2. The molecule has 0 atom stereocenters. The Hall–Kier alpha value is -1.31. The van der Waals surface area contributed by atoms with E-state index in [-0.39, 0.29) is 5.82 Å². The third-order valence-corrected chi connectivity index (χ3v) is 3.74. The van der Waals surface area contributed by atoms with Crippen LogP contribution < -0.4 is 0 Å². The molecule has 2 aromatic carbocycles. The summed E-state index contributed by atoms with van der Waals surface area (Å²) < 4.78 is 14.3. The summed E-state index contributed by atoms with van der Waals surface area (Å²) >= 11 is 4.56. The Morgan fingerprint density at radius 2 is 1.88 bits per heavy atom. The molecule has 0 aliphatic heterocycles. The van der Waals surface area contributed by atoms with E-state index < -0.39 is 0 Å². The third kappa shape index (κ3) is 2.87. The number of hydrogen-bond acceptors (Lipinski definition) is 2. The Labute approximate surface area is 111 Å². The molecule has 0 amide bonds. The van der Waals surface area contributed by atoms with Gasteiger partial charge in [-0.05, 0) is 30.3 Å².